The molecule has 136 valence electrons. The lowest BCUT2D eigenvalue weighted by atomic mass is 10.0. The van der Waals surface area contributed by atoms with Gasteiger partial charge in [0, 0.05) is 10.4 Å². The topological polar surface area (TPSA) is 67.4 Å². The monoisotopic (exact) mass is 382 g/mol. The van der Waals surface area contributed by atoms with Gasteiger partial charge in [-0.05, 0) is 47.3 Å². The third-order valence-electron chi connectivity index (χ3n) is 4.18. The lowest BCUT2D eigenvalue weighted by Crippen LogP contribution is -2.29. The summed E-state index contributed by atoms with van der Waals surface area (Å²) in [7, 11) is 0. The Kier molecular flexibility index (Phi) is 4.60. The SMILES string of the molecule is O=C1COc2cc(C(=O)NC(c3ccc(F)cc3)c3cccs3)ccc2N1. The summed E-state index contributed by atoms with van der Waals surface area (Å²) in [6, 6.07) is 14.3. The number of benzene rings is 2. The Balaban J connectivity index is 1.60. The predicted molar refractivity (Wildman–Crippen MR) is 101 cm³/mol. The molecule has 27 heavy (non-hydrogen) atoms. The van der Waals surface area contributed by atoms with Gasteiger partial charge in [0.15, 0.2) is 6.61 Å². The summed E-state index contributed by atoms with van der Waals surface area (Å²) in [5.74, 6) is -0.393. The smallest absolute Gasteiger partial charge is 0.262 e. The highest BCUT2D eigenvalue weighted by Crippen LogP contribution is 2.30. The van der Waals surface area contributed by atoms with E-state index in [0.717, 1.165) is 10.4 Å². The summed E-state index contributed by atoms with van der Waals surface area (Å²) in [6.07, 6.45) is 0. The van der Waals surface area contributed by atoms with Crippen LogP contribution in [-0.4, -0.2) is 18.4 Å². The average Bonchev–Trinajstić information content (AvgIpc) is 3.21. The normalized spacial score (nSPS) is 13.9. The molecule has 0 radical (unpaired) electrons. The van der Waals surface area contributed by atoms with Gasteiger partial charge in [-0.15, -0.1) is 11.3 Å². The number of carbonyl (C=O) groups excluding carboxylic acids is 2. The number of fused-ring (bicyclic) bond motifs is 1. The molecule has 0 spiro atoms. The number of thiophene rings is 1. The zero-order valence-corrected chi connectivity index (χ0v) is 14.9. The summed E-state index contributed by atoms with van der Waals surface area (Å²) in [5.41, 5.74) is 1.73. The van der Waals surface area contributed by atoms with E-state index in [1.165, 1.54) is 23.5 Å². The van der Waals surface area contributed by atoms with E-state index in [2.05, 4.69) is 10.6 Å². The maximum atomic E-state index is 13.3. The summed E-state index contributed by atoms with van der Waals surface area (Å²) in [4.78, 5) is 25.1. The molecule has 0 aliphatic carbocycles. The van der Waals surface area contributed by atoms with Crippen LogP contribution in [0.15, 0.2) is 60.0 Å². The van der Waals surface area contributed by atoms with Crippen molar-refractivity contribution in [3.05, 3.63) is 81.8 Å². The molecule has 0 saturated heterocycles. The fourth-order valence-corrected chi connectivity index (χ4v) is 3.66. The van der Waals surface area contributed by atoms with Crippen LogP contribution in [0.1, 0.15) is 26.8 Å². The van der Waals surface area contributed by atoms with Crippen molar-refractivity contribution in [2.75, 3.05) is 11.9 Å². The molecule has 2 heterocycles. The zero-order chi connectivity index (χ0) is 18.8. The Labute approximate surface area is 158 Å². The summed E-state index contributed by atoms with van der Waals surface area (Å²) >= 11 is 1.51. The molecule has 0 fully saturated rings. The average molecular weight is 382 g/mol. The van der Waals surface area contributed by atoms with Crippen molar-refractivity contribution in [2.45, 2.75) is 6.04 Å². The van der Waals surface area contributed by atoms with Crippen LogP contribution in [0.5, 0.6) is 5.75 Å². The van der Waals surface area contributed by atoms with Gasteiger partial charge >= 0.3 is 0 Å². The second-order valence-electron chi connectivity index (χ2n) is 6.02. The first-order valence-corrected chi connectivity index (χ1v) is 9.14. The minimum atomic E-state index is -0.394. The first-order chi connectivity index (χ1) is 13.1. The van der Waals surface area contributed by atoms with E-state index in [9.17, 15) is 14.0 Å². The van der Waals surface area contributed by atoms with E-state index in [-0.39, 0.29) is 24.2 Å². The van der Waals surface area contributed by atoms with Crippen molar-refractivity contribution in [1.29, 1.82) is 0 Å². The number of carbonyl (C=O) groups is 2. The quantitative estimate of drug-likeness (QED) is 0.722. The standard InChI is InChI=1S/C20H15FN2O3S/c21-14-6-3-12(4-7-14)19(17-2-1-9-27-17)23-20(25)13-5-8-15-16(10-13)26-11-18(24)22-15/h1-10,19H,11H2,(H,22,24)(H,23,25). The van der Waals surface area contributed by atoms with E-state index in [4.69, 9.17) is 4.74 Å². The van der Waals surface area contributed by atoms with Crippen LogP contribution >= 0.6 is 11.3 Å². The number of anilines is 1. The van der Waals surface area contributed by atoms with Crippen molar-refractivity contribution in [3.8, 4) is 5.75 Å². The Morgan fingerprint density at radius 1 is 1.19 bits per heavy atom. The summed E-state index contributed by atoms with van der Waals surface area (Å²) in [5, 5.41) is 7.61. The molecule has 1 unspecified atom stereocenters. The molecule has 1 aromatic heterocycles. The minimum Gasteiger partial charge on any atom is -0.482 e. The van der Waals surface area contributed by atoms with Gasteiger partial charge in [-0.1, -0.05) is 18.2 Å². The molecule has 1 atom stereocenters. The van der Waals surface area contributed by atoms with Crippen molar-refractivity contribution >= 4 is 28.8 Å². The van der Waals surface area contributed by atoms with Gasteiger partial charge in [-0.25, -0.2) is 4.39 Å². The zero-order valence-electron chi connectivity index (χ0n) is 14.1. The maximum Gasteiger partial charge on any atom is 0.262 e. The highest BCUT2D eigenvalue weighted by molar-refractivity contribution is 7.10. The summed E-state index contributed by atoms with van der Waals surface area (Å²) < 4.78 is 18.6. The molecule has 2 amide bonds. The van der Waals surface area contributed by atoms with Gasteiger partial charge in [0.1, 0.15) is 11.6 Å². The van der Waals surface area contributed by atoms with Gasteiger partial charge in [-0.3, -0.25) is 9.59 Å². The number of nitrogens with one attached hydrogen (secondary N) is 2. The van der Waals surface area contributed by atoms with Gasteiger partial charge in [-0.2, -0.15) is 0 Å². The van der Waals surface area contributed by atoms with Crippen LogP contribution in [-0.2, 0) is 4.79 Å². The molecule has 2 N–H and O–H groups in total. The lowest BCUT2D eigenvalue weighted by molar-refractivity contribution is -0.118. The number of amides is 2. The van der Waals surface area contributed by atoms with E-state index in [0.29, 0.717) is 17.0 Å². The van der Waals surface area contributed by atoms with Gasteiger partial charge in [0.05, 0.1) is 11.7 Å². The van der Waals surface area contributed by atoms with E-state index < -0.39 is 6.04 Å². The molecule has 1 aliphatic heterocycles. The third kappa shape index (κ3) is 3.68. The van der Waals surface area contributed by atoms with Crippen LogP contribution in [0.3, 0.4) is 0 Å². The highest BCUT2D eigenvalue weighted by Gasteiger charge is 2.21. The molecule has 4 rings (SSSR count). The van der Waals surface area contributed by atoms with Crippen LogP contribution < -0.4 is 15.4 Å². The molecule has 0 bridgehead atoms. The fraction of sp³-hybridized carbons (Fsp3) is 0.100. The van der Waals surface area contributed by atoms with Crippen LogP contribution in [0.2, 0.25) is 0 Å². The number of rotatable bonds is 4. The number of halogens is 1. The molecule has 1 aliphatic rings. The number of hydrogen-bond donors (Lipinski definition) is 2. The lowest BCUT2D eigenvalue weighted by Gasteiger charge is -2.20. The largest absolute Gasteiger partial charge is 0.482 e. The molecule has 5 nitrogen and oxygen atoms in total. The molecular weight excluding hydrogens is 367 g/mol. The fourth-order valence-electron chi connectivity index (χ4n) is 2.86. The molecule has 2 aromatic carbocycles. The number of hydrogen-bond acceptors (Lipinski definition) is 4. The Bertz CT molecular complexity index is 987. The van der Waals surface area contributed by atoms with Crippen molar-refractivity contribution < 1.29 is 18.7 Å². The van der Waals surface area contributed by atoms with E-state index >= 15 is 0 Å². The van der Waals surface area contributed by atoms with Crippen molar-refractivity contribution in [3.63, 3.8) is 0 Å². The molecule has 3 aromatic rings. The van der Waals surface area contributed by atoms with Gasteiger partial charge < -0.3 is 15.4 Å². The van der Waals surface area contributed by atoms with Gasteiger partial charge in [0.2, 0.25) is 0 Å². The van der Waals surface area contributed by atoms with Crippen molar-refractivity contribution in [1.82, 2.24) is 5.32 Å². The minimum absolute atomic E-state index is 0.0779. The van der Waals surface area contributed by atoms with Crippen molar-refractivity contribution in [2.24, 2.45) is 0 Å². The van der Waals surface area contributed by atoms with Crippen LogP contribution in [0.25, 0.3) is 0 Å². The first-order valence-electron chi connectivity index (χ1n) is 8.26. The Hall–Kier alpha value is -3.19. The highest BCUT2D eigenvalue weighted by atomic mass is 32.1. The van der Waals surface area contributed by atoms with E-state index in [1.54, 1.807) is 30.3 Å². The van der Waals surface area contributed by atoms with E-state index in [1.807, 2.05) is 17.5 Å². The Morgan fingerprint density at radius 2 is 2.00 bits per heavy atom. The number of ether oxygens (including phenoxy) is 1. The first kappa shape index (κ1) is 17.2. The summed E-state index contributed by atoms with van der Waals surface area (Å²) in [6.45, 7) is -0.0779. The third-order valence-corrected chi connectivity index (χ3v) is 5.12. The second kappa shape index (κ2) is 7.20. The van der Waals surface area contributed by atoms with Crippen LogP contribution in [0, 0.1) is 5.82 Å². The molecular formula is C20H15FN2O3S. The molecule has 0 saturated carbocycles. The Morgan fingerprint density at radius 3 is 2.74 bits per heavy atom. The van der Waals surface area contributed by atoms with Crippen LogP contribution in [0.4, 0.5) is 10.1 Å². The predicted octanol–water partition coefficient (Wildman–Crippen LogP) is 3.74. The van der Waals surface area contributed by atoms with Gasteiger partial charge in [0.25, 0.3) is 11.8 Å². The maximum absolute atomic E-state index is 13.3. The molecule has 7 heteroatoms. The second-order valence-corrected chi connectivity index (χ2v) is 7.00.